The van der Waals surface area contributed by atoms with E-state index in [2.05, 4.69) is 0 Å². The maximum absolute atomic E-state index is 10.8. The Kier molecular flexibility index (Phi) is 4.29. The van der Waals surface area contributed by atoms with Crippen molar-refractivity contribution in [2.75, 3.05) is 0 Å². The third-order valence-corrected chi connectivity index (χ3v) is 2.64. The largest absolute Gasteiger partial charge is 1.00 e. The van der Waals surface area contributed by atoms with Crippen LogP contribution in [0.5, 0.6) is 0 Å². The van der Waals surface area contributed by atoms with Crippen molar-refractivity contribution in [1.29, 1.82) is 0 Å². The zero-order valence-electron chi connectivity index (χ0n) is 7.77. The predicted molar refractivity (Wildman–Crippen MR) is 51.1 cm³/mol. The molecule has 66 valence electrons. The van der Waals surface area contributed by atoms with Crippen LogP contribution in [0.2, 0.25) is 0 Å². The first-order chi connectivity index (χ1) is 6.29. The van der Waals surface area contributed by atoms with Gasteiger partial charge in [-0.3, -0.25) is 4.21 Å². The van der Waals surface area contributed by atoms with Gasteiger partial charge in [0.1, 0.15) is 0 Å². The van der Waals surface area contributed by atoms with Crippen LogP contribution < -0.4 is 29.6 Å². The van der Waals surface area contributed by atoms with E-state index in [1.807, 2.05) is 24.3 Å². The van der Waals surface area contributed by atoms with Crippen molar-refractivity contribution in [2.45, 2.75) is 4.90 Å². The average Bonchev–Trinajstić information content (AvgIpc) is 2.17. The van der Waals surface area contributed by atoms with Crippen LogP contribution >= 0.6 is 0 Å². The molecule has 0 fully saturated rings. The summed E-state index contributed by atoms with van der Waals surface area (Å²) in [7, 11) is 0. The Morgan fingerprint density at radius 1 is 1.00 bits per heavy atom. The molecular formula is C10H7NaO2S. The monoisotopic (exact) mass is 214 g/mol. The second-order valence-electron chi connectivity index (χ2n) is 2.71. The Balaban J connectivity index is 0.000000980. The van der Waals surface area contributed by atoms with Crippen LogP contribution in [0.1, 0.15) is 0 Å². The van der Waals surface area contributed by atoms with Crippen LogP contribution in [0.3, 0.4) is 0 Å². The fourth-order valence-corrected chi connectivity index (χ4v) is 1.90. The molecule has 0 radical (unpaired) electrons. The zero-order valence-corrected chi connectivity index (χ0v) is 10.6. The molecule has 2 nitrogen and oxygen atoms in total. The van der Waals surface area contributed by atoms with E-state index in [0.29, 0.717) is 4.90 Å². The molecular weight excluding hydrogens is 207 g/mol. The second kappa shape index (κ2) is 5.05. The maximum atomic E-state index is 10.8. The normalized spacial score (nSPS) is 12.1. The molecule has 1 unspecified atom stereocenters. The number of hydrogen-bond acceptors (Lipinski definition) is 2. The Hall–Kier alpha value is -0.190. The number of hydrogen-bond donors (Lipinski definition) is 0. The van der Waals surface area contributed by atoms with Crippen molar-refractivity contribution in [3.63, 3.8) is 0 Å². The van der Waals surface area contributed by atoms with Crippen molar-refractivity contribution in [2.24, 2.45) is 0 Å². The standard InChI is InChI=1S/C10H8O2S.Na/c11-13(12)10-7-3-5-8-4-1-2-6-9(8)10;/h1-7H,(H,11,12);/q;+1/p-1. The summed E-state index contributed by atoms with van der Waals surface area (Å²) in [5.41, 5.74) is 0. The summed E-state index contributed by atoms with van der Waals surface area (Å²) in [6, 6.07) is 12.7. The fraction of sp³-hybridized carbons (Fsp3) is 0. The molecule has 0 saturated carbocycles. The number of benzene rings is 2. The summed E-state index contributed by atoms with van der Waals surface area (Å²) in [6.07, 6.45) is 0. The smallest absolute Gasteiger partial charge is 0.768 e. The van der Waals surface area contributed by atoms with Crippen LogP contribution in [0.25, 0.3) is 10.8 Å². The van der Waals surface area contributed by atoms with Gasteiger partial charge in [-0.25, -0.2) is 0 Å². The van der Waals surface area contributed by atoms with Gasteiger partial charge in [-0.05, 0) is 27.9 Å². The van der Waals surface area contributed by atoms with Crippen LogP contribution in [0.15, 0.2) is 47.4 Å². The summed E-state index contributed by atoms with van der Waals surface area (Å²) in [5.74, 6) is 0. The number of rotatable bonds is 1. The molecule has 0 amide bonds. The quantitative estimate of drug-likeness (QED) is 0.455. The van der Waals surface area contributed by atoms with Gasteiger partial charge in [0, 0.05) is 4.90 Å². The van der Waals surface area contributed by atoms with E-state index in [-0.39, 0.29) is 29.6 Å². The average molecular weight is 214 g/mol. The first-order valence-electron chi connectivity index (χ1n) is 3.86. The van der Waals surface area contributed by atoms with E-state index in [1.165, 1.54) is 0 Å². The maximum Gasteiger partial charge on any atom is 1.00 e. The van der Waals surface area contributed by atoms with Crippen LogP contribution in [0.4, 0.5) is 0 Å². The Morgan fingerprint density at radius 3 is 2.36 bits per heavy atom. The van der Waals surface area contributed by atoms with Crippen LogP contribution in [-0.4, -0.2) is 8.76 Å². The van der Waals surface area contributed by atoms with Gasteiger partial charge < -0.3 is 4.55 Å². The third-order valence-electron chi connectivity index (χ3n) is 1.93. The minimum atomic E-state index is -2.15. The van der Waals surface area contributed by atoms with E-state index in [4.69, 9.17) is 0 Å². The summed E-state index contributed by atoms with van der Waals surface area (Å²) < 4.78 is 21.6. The summed E-state index contributed by atoms with van der Waals surface area (Å²) >= 11 is -2.15. The van der Waals surface area contributed by atoms with Gasteiger partial charge in [-0.2, -0.15) is 0 Å². The van der Waals surface area contributed by atoms with Crippen molar-refractivity contribution >= 4 is 21.9 Å². The van der Waals surface area contributed by atoms with Gasteiger partial charge in [0.25, 0.3) is 0 Å². The van der Waals surface area contributed by atoms with Crippen molar-refractivity contribution < 1.29 is 38.3 Å². The molecule has 0 spiro atoms. The Bertz CT molecular complexity index is 465. The molecule has 0 heterocycles. The molecule has 0 N–H and O–H groups in total. The minimum absolute atomic E-state index is 0. The molecule has 0 aromatic heterocycles. The fourth-order valence-electron chi connectivity index (χ4n) is 1.34. The summed E-state index contributed by atoms with van der Waals surface area (Å²) in [4.78, 5) is 0.359. The molecule has 1 atom stereocenters. The van der Waals surface area contributed by atoms with E-state index in [9.17, 15) is 8.76 Å². The molecule has 0 saturated heterocycles. The summed E-state index contributed by atoms with van der Waals surface area (Å²) in [5, 5.41) is 1.72. The Morgan fingerprint density at radius 2 is 1.64 bits per heavy atom. The van der Waals surface area contributed by atoms with Gasteiger partial charge in [0.2, 0.25) is 0 Å². The number of fused-ring (bicyclic) bond motifs is 1. The third kappa shape index (κ3) is 2.24. The van der Waals surface area contributed by atoms with Crippen LogP contribution in [-0.2, 0) is 11.1 Å². The second-order valence-corrected chi connectivity index (χ2v) is 3.62. The minimum Gasteiger partial charge on any atom is -0.768 e. The predicted octanol–water partition coefficient (Wildman–Crippen LogP) is -0.918. The summed E-state index contributed by atoms with van der Waals surface area (Å²) in [6.45, 7) is 0. The van der Waals surface area contributed by atoms with E-state index >= 15 is 0 Å². The van der Waals surface area contributed by atoms with E-state index in [0.717, 1.165) is 10.8 Å². The van der Waals surface area contributed by atoms with Gasteiger partial charge in [-0.15, -0.1) is 0 Å². The van der Waals surface area contributed by atoms with E-state index < -0.39 is 11.1 Å². The molecule has 0 aliphatic carbocycles. The molecule has 2 aromatic rings. The van der Waals surface area contributed by atoms with E-state index in [1.54, 1.807) is 18.2 Å². The molecule has 0 aliphatic heterocycles. The van der Waals surface area contributed by atoms with Gasteiger partial charge in [0.15, 0.2) is 0 Å². The SMILES string of the molecule is O=S([O-])c1cccc2ccccc12.[Na+]. The van der Waals surface area contributed by atoms with Crippen LogP contribution in [0, 0.1) is 0 Å². The first-order valence-corrected chi connectivity index (χ1v) is 4.93. The molecule has 2 rings (SSSR count). The molecule has 4 heteroatoms. The zero-order chi connectivity index (χ0) is 9.26. The van der Waals surface area contributed by atoms with Gasteiger partial charge in [-0.1, -0.05) is 36.4 Å². The van der Waals surface area contributed by atoms with Crippen molar-refractivity contribution in [3.05, 3.63) is 42.5 Å². The van der Waals surface area contributed by atoms with Gasteiger partial charge in [0.05, 0.1) is 0 Å². The first kappa shape index (κ1) is 11.9. The van der Waals surface area contributed by atoms with Crippen molar-refractivity contribution in [3.8, 4) is 0 Å². The molecule has 14 heavy (non-hydrogen) atoms. The molecule has 0 aliphatic rings. The molecule has 2 aromatic carbocycles. The Labute approximate surface area is 107 Å². The molecule has 0 bridgehead atoms. The topological polar surface area (TPSA) is 40.1 Å². The van der Waals surface area contributed by atoms with Crippen molar-refractivity contribution in [1.82, 2.24) is 0 Å². The van der Waals surface area contributed by atoms with Gasteiger partial charge >= 0.3 is 29.6 Å².